The zero-order chi connectivity index (χ0) is 21.3. The van der Waals surface area contributed by atoms with E-state index in [1.54, 1.807) is 24.3 Å². The van der Waals surface area contributed by atoms with Gasteiger partial charge in [-0.2, -0.15) is 0 Å². The number of rotatable bonds is 9. The minimum Gasteiger partial charge on any atom is -0.352 e. The van der Waals surface area contributed by atoms with E-state index >= 15 is 0 Å². The van der Waals surface area contributed by atoms with Crippen LogP contribution in [-0.2, 0) is 6.42 Å². The summed E-state index contributed by atoms with van der Waals surface area (Å²) in [6.45, 7) is 8.34. The Morgan fingerprint density at radius 2 is 2.13 bits per heavy atom. The van der Waals surface area contributed by atoms with Gasteiger partial charge in [-0.3, -0.25) is 9.59 Å². The molecule has 1 fully saturated rings. The highest BCUT2D eigenvalue weighted by Crippen LogP contribution is 2.17. The van der Waals surface area contributed by atoms with Crippen molar-refractivity contribution in [3.8, 4) is 0 Å². The van der Waals surface area contributed by atoms with E-state index in [0.29, 0.717) is 22.8 Å². The van der Waals surface area contributed by atoms with Gasteiger partial charge in [-0.25, -0.2) is 0 Å². The van der Waals surface area contributed by atoms with Crippen molar-refractivity contribution in [2.24, 2.45) is 5.92 Å². The largest absolute Gasteiger partial charge is 0.352 e. The smallest absolute Gasteiger partial charge is 0.286 e. The summed E-state index contributed by atoms with van der Waals surface area (Å²) < 4.78 is 0. The molecular weight excluding hydrogens is 398 g/mol. The predicted molar refractivity (Wildman–Crippen MR) is 120 cm³/mol. The maximum atomic E-state index is 12.5. The number of likely N-dealkylation sites (tertiary alicyclic amines) is 1. The third kappa shape index (κ3) is 6.60. The number of hydrogen-bond donors (Lipinski definition) is 2. The average Bonchev–Trinajstić information content (AvgIpc) is 3.20. The second-order valence-corrected chi connectivity index (χ2v) is 9.01. The quantitative estimate of drug-likeness (QED) is 0.595. The van der Waals surface area contributed by atoms with Crippen LogP contribution in [0.2, 0.25) is 0 Å². The van der Waals surface area contributed by atoms with Crippen LogP contribution >= 0.6 is 11.3 Å². The van der Waals surface area contributed by atoms with Gasteiger partial charge >= 0.3 is 0 Å². The van der Waals surface area contributed by atoms with Crippen molar-refractivity contribution in [1.82, 2.24) is 20.4 Å². The van der Waals surface area contributed by atoms with Crippen LogP contribution in [0.1, 0.15) is 64.7 Å². The number of amides is 2. The van der Waals surface area contributed by atoms with Gasteiger partial charge in [-0.15, -0.1) is 10.2 Å². The third-order valence-corrected chi connectivity index (χ3v) is 6.17. The monoisotopic (exact) mass is 429 g/mol. The van der Waals surface area contributed by atoms with Crippen molar-refractivity contribution in [2.75, 3.05) is 31.5 Å². The summed E-state index contributed by atoms with van der Waals surface area (Å²) in [7, 11) is 0. The second kappa shape index (κ2) is 11.2. The Hall–Kier alpha value is -2.32. The number of benzene rings is 1. The predicted octanol–water partition coefficient (Wildman–Crippen LogP) is 3.59. The van der Waals surface area contributed by atoms with E-state index in [2.05, 4.69) is 39.6 Å². The summed E-state index contributed by atoms with van der Waals surface area (Å²) >= 11 is 1.30. The molecule has 1 unspecified atom stereocenters. The highest BCUT2D eigenvalue weighted by atomic mass is 32.1. The molecule has 0 bridgehead atoms. The van der Waals surface area contributed by atoms with Crippen LogP contribution in [0.5, 0.6) is 0 Å². The van der Waals surface area contributed by atoms with E-state index in [9.17, 15) is 9.59 Å². The molecule has 3 rings (SSSR count). The Bertz CT molecular complexity index is 854. The fourth-order valence-electron chi connectivity index (χ4n) is 3.68. The van der Waals surface area contributed by atoms with Gasteiger partial charge in [-0.1, -0.05) is 31.3 Å². The normalized spacial score (nSPS) is 16.9. The molecule has 8 heteroatoms. The number of aromatic nitrogens is 2. The molecule has 2 aromatic rings. The summed E-state index contributed by atoms with van der Waals surface area (Å²) in [5, 5.41) is 15.0. The molecule has 1 aromatic carbocycles. The highest BCUT2D eigenvalue weighted by molar-refractivity contribution is 7.13. The number of nitrogens with one attached hydrogen (secondary N) is 2. The van der Waals surface area contributed by atoms with Gasteiger partial charge < -0.3 is 15.5 Å². The van der Waals surface area contributed by atoms with Crippen molar-refractivity contribution in [3.05, 3.63) is 39.8 Å². The highest BCUT2D eigenvalue weighted by Gasteiger charge is 2.16. The van der Waals surface area contributed by atoms with Gasteiger partial charge in [0.1, 0.15) is 5.01 Å². The van der Waals surface area contributed by atoms with E-state index in [4.69, 9.17) is 0 Å². The summed E-state index contributed by atoms with van der Waals surface area (Å²) in [5.41, 5.74) is 1.10. The molecular formula is C22H31N5O2S. The summed E-state index contributed by atoms with van der Waals surface area (Å²) in [5.74, 6) is 0.340. The van der Waals surface area contributed by atoms with Gasteiger partial charge in [0.15, 0.2) is 0 Å². The van der Waals surface area contributed by atoms with Crippen molar-refractivity contribution in [2.45, 2.75) is 46.0 Å². The van der Waals surface area contributed by atoms with Gasteiger partial charge in [0, 0.05) is 30.8 Å². The van der Waals surface area contributed by atoms with E-state index < -0.39 is 0 Å². The zero-order valence-corrected chi connectivity index (χ0v) is 18.6. The van der Waals surface area contributed by atoms with Crippen LogP contribution in [0, 0.1) is 5.92 Å². The molecule has 2 N–H and O–H groups in total. The lowest BCUT2D eigenvalue weighted by molar-refractivity contribution is 0.0948. The molecule has 2 amide bonds. The van der Waals surface area contributed by atoms with Crippen molar-refractivity contribution < 1.29 is 9.59 Å². The van der Waals surface area contributed by atoms with E-state index in [1.807, 2.05) is 0 Å². The molecule has 1 aliphatic rings. The molecule has 0 saturated carbocycles. The SMILES string of the molecule is CCCc1nnc(C(=O)Nc2cccc(C(=O)NCCCN3CCCC(C)C3)c2)s1. The Morgan fingerprint density at radius 1 is 1.27 bits per heavy atom. The average molecular weight is 430 g/mol. The number of carbonyl (C=O) groups is 2. The minimum absolute atomic E-state index is 0.126. The van der Waals surface area contributed by atoms with Crippen molar-refractivity contribution >= 4 is 28.8 Å². The maximum Gasteiger partial charge on any atom is 0.286 e. The lowest BCUT2D eigenvalue weighted by Crippen LogP contribution is -2.36. The number of carbonyl (C=O) groups excluding carboxylic acids is 2. The van der Waals surface area contributed by atoms with Crippen LogP contribution in [-0.4, -0.2) is 53.1 Å². The number of anilines is 1. The molecule has 30 heavy (non-hydrogen) atoms. The standard InChI is InChI=1S/C22H31N5O2S/c1-3-7-19-25-26-22(30-19)21(29)24-18-10-4-9-17(14-18)20(28)23-11-6-13-27-12-5-8-16(2)15-27/h4,9-10,14,16H,3,5-8,11-13,15H2,1-2H3,(H,23,28)(H,24,29). The molecule has 162 valence electrons. The fourth-order valence-corrected chi connectivity index (χ4v) is 4.52. The van der Waals surface area contributed by atoms with Gasteiger partial charge in [0.25, 0.3) is 11.8 Å². The number of nitrogens with zero attached hydrogens (tertiary/aromatic N) is 3. The Morgan fingerprint density at radius 3 is 2.93 bits per heavy atom. The van der Waals surface area contributed by atoms with Gasteiger partial charge in [0.05, 0.1) is 0 Å². The molecule has 0 aliphatic carbocycles. The van der Waals surface area contributed by atoms with Crippen LogP contribution in [0.15, 0.2) is 24.3 Å². The van der Waals surface area contributed by atoms with E-state index in [1.165, 1.54) is 24.2 Å². The molecule has 1 aromatic heterocycles. The summed E-state index contributed by atoms with van der Waals surface area (Å²) in [6, 6.07) is 6.97. The first-order valence-corrected chi connectivity index (χ1v) is 11.6. The first-order chi connectivity index (χ1) is 14.5. The summed E-state index contributed by atoms with van der Waals surface area (Å²) in [6.07, 6.45) is 5.30. The molecule has 1 atom stereocenters. The Labute approximate surface area is 182 Å². The zero-order valence-electron chi connectivity index (χ0n) is 17.8. The molecule has 1 aliphatic heterocycles. The van der Waals surface area contributed by atoms with Crippen LogP contribution < -0.4 is 10.6 Å². The minimum atomic E-state index is -0.303. The summed E-state index contributed by atoms with van der Waals surface area (Å²) in [4.78, 5) is 27.3. The Balaban J connectivity index is 1.46. The third-order valence-electron chi connectivity index (χ3n) is 5.19. The molecule has 1 saturated heterocycles. The Kier molecular flexibility index (Phi) is 8.33. The van der Waals surface area contributed by atoms with Crippen molar-refractivity contribution in [1.29, 1.82) is 0 Å². The van der Waals surface area contributed by atoms with Gasteiger partial charge in [0.2, 0.25) is 5.01 Å². The van der Waals surface area contributed by atoms with E-state index in [0.717, 1.165) is 49.8 Å². The first-order valence-electron chi connectivity index (χ1n) is 10.8. The molecule has 0 spiro atoms. The number of piperidine rings is 1. The van der Waals surface area contributed by atoms with Crippen molar-refractivity contribution in [3.63, 3.8) is 0 Å². The van der Waals surface area contributed by atoms with Crippen LogP contribution in [0.3, 0.4) is 0 Å². The molecule has 7 nitrogen and oxygen atoms in total. The second-order valence-electron chi connectivity index (χ2n) is 7.94. The fraction of sp³-hybridized carbons (Fsp3) is 0.545. The number of hydrogen-bond acceptors (Lipinski definition) is 6. The first kappa shape index (κ1) is 22.4. The van der Waals surface area contributed by atoms with Crippen LogP contribution in [0.4, 0.5) is 5.69 Å². The molecule has 0 radical (unpaired) electrons. The van der Waals surface area contributed by atoms with E-state index in [-0.39, 0.29) is 11.8 Å². The topological polar surface area (TPSA) is 87.2 Å². The lowest BCUT2D eigenvalue weighted by Gasteiger charge is -2.30. The molecule has 2 heterocycles. The maximum absolute atomic E-state index is 12.5. The van der Waals surface area contributed by atoms with Gasteiger partial charge in [-0.05, 0) is 62.9 Å². The van der Waals surface area contributed by atoms with Crippen LogP contribution in [0.25, 0.3) is 0 Å². The number of aryl methyl sites for hydroxylation is 1. The lowest BCUT2D eigenvalue weighted by atomic mass is 10.0.